The monoisotopic (exact) mass is 362 g/mol. The number of aliphatic hydroxyl groups excluding tert-OH is 2. The Morgan fingerprint density at radius 3 is 2.73 bits per heavy atom. The molecule has 0 aromatic carbocycles. The molecule has 3 N–H and O–H groups in total. The molecule has 0 heterocycles. The van der Waals surface area contributed by atoms with E-state index < -0.39 is 5.97 Å². The van der Waals surface area contributed by atoms with Gasteiger partial charge < -0.3 is 15.3 Å². The van der Waals surface area contributed by atoms with Crippen LogP contribution in [0.2, 0.25) is 0 Å². The number of carbonyl (C=O) groups is 1. The molecule has 0 amide bonds. The van der Waals surface area contributed by atoms with Crippen LogP contribution in [-0.2, 0) is 4.79 Å². The number of hydrogen-bond donors (Lipinski definition) is 3. The first-order valence-corrected chi connectivity index (χ1v) is 10.4. The second-order valence-electron chi connectivity index (χ2n) is 8.74. The molecule has 0 spiro atoms. The zero-order chi connectivity index (χ0) is 18.7. The van der Waals surface area contributed by atoms with Crippen molar-refractivity contribution < 1.29 is 20.1 Å². The quantitative estimate of drug-likeness (QED) is 0.452. The van der Waals surface area contributed by atoms with Gasteiger partial charge >= 0.3 is 5.97 Å². The summed E-state index contributed by atoms with van der Waals surface area (Å²) in [5.41, 5.74) is 1.43. The molecule has 3 aliphatic carbocycles. The zero-order valence-electron chi connectivity index (χ0n) is 15.9. The molecule has 4 nitrogen and oxygen atoms in total. The maximum absolute atomic E-state index is 10.6. The fourth-order valence-electron chi connectivity index (χ4n) is 5.30. The lowest BCUT2D eigenvalue weighted by atomic mass is 9.70. The van der Waals surface area contributed by atoms with Gasteiger partial charge in [-0.25, -0.2) is 0 Å². The highest BCUT2D eigenvalue weighted by molar-refractivity contribution is 5.66. The normalized spacial score (nSPS) is 39.3. The van der Waals surface area contributed by atoms with Crippen LogP contribution in [0.25, 0.3) is 0 Å². The lowest BCUT2D eigenvalue weighted by Crippen LogP contribution is -2.32. The summed E-state index contributed by atoms with van der Waals surface area (Å²) in [6.07, 6.45) is 13.8. The van der Waals surface area contributed by atoms with Crippen molar-refractivity contribution in [3.8, 4) is 0 Å². The smallest absolute Gasteiger partial charge is 0.303 e. The van der Waals surface area contributed by atoms with Crippen LogP contribution >= 0.6 is 0 Å². The summed E-state index contributed by atoms with van der Waals surface area (Å²) in [5.74, 6) is 1.63. The third-order valence-corrected chi connectivity index (χ3v) is 7.00. The maximum atomic E-state index is 10.6. The van der Waals surface area contributed by atoms with Gasteiger partial charge in [-0.2, -0.15) is 0 Å². The fraction of sp³-hybridized carbons (Fsp3) is 0.773. The van der Waals surface area contributed by atoms with Crippen LogP contribution in [0.15, 0.2) is 23.8 Å². The summed E-state index contributed by atoms with van der Waals surface area (Å²) >= 11 is 0. The second kappa shape index (κ2) is 8.71. The molecule has 0 radical (unpaired) electrons. The summed E-state index contributed by atoms with van der Waals surface area (Å²) in [6.45, 7) is 2.21. The average molecular weight is 363 g/mol. The van der Waals surface area contributed by atoms with Gasteiger partial charge in [0.25, 0.3) is 0 Å². The van der Waals surface area contributed by atoms with E-state index >= 15 is 0 Å². The largest absolute Gasteiger partial charge is 0.481 e. The number of rotatable bonds is 8. The van der Waals surface area contributed by atoms with E-state index in [9.17, 15) is 15.0 Å². The predicted molar refractivity (Wildman–Crippen MR) is 102 cm³/mol. The van der Waals surface area contributed by atoms with Gasteiger partial charge in [0.05, 0.1) is 12.2 Å². The zero-order valence-corrected chi connectivity index (χ0v) is 15.9. The van der Waals surface area contributed by atoms with E-state index in [0.29, 0.717) is 24.2 Å². The Hall–Kier alpha value is -1.13. The van der Waals surface area contributed by atoms with Crippen LogP contribution in [0.3, 0.4) is 0 Å². The van der Waals surface area contributed by atoms with Crippen molar-refractivity contribution in [2.75, 3.05) is 0 Å². The third kappa shape index (κ3) is 4.58. The molecule has 0 aromatic heterocycles. The lowest BCUT2D eigenvalue weighted by Gasteiger charge is -2.37. The standard InChI is InChI=1S/C22H34O4/c1-2-14-9-17(10-14)20(23)8-7-18-19-12-15(5-3-4-6-22(25)26)11-16(19)13-21(18)24/h5,7-8,14,16-21,23-24H,2-4,6,9-13H2,1H3,(H,25,26)/t14?,16-,17?,18-,19+,20+,21-/m1/s1. The van der Waals surface area contributed by atoms with Crippen LogP contribution in [0.4, 0.5) is 0 Å². The number of fused-ring (bicyclic) bond motifs is 1. The van der Waals surface area contributed by atoms with Gasteiger partial charge in [-0.15, -0.1) is 0 Å². The third-order valence-electron chi connectivity index (χ3n) is 7.00. The Labute approximate surface area is 157 Å². The molecule has 3 rings (SSSR count). The summed E-state index contributed by atoms with van der Waals surface area (Å²) < 4.78 is 0. The van der Waals surface area contributed by atoms with E-state index in [0.717, 1.165) is 44.4 Å². The van der Waals surface area contributed by atoms with E-state index in [4.69, 9.17) is 5.11 Å². The number of aliphatic hydroxyl groups is 2. The topological polar surface area (TPSA) is 77.8 Å². The van der Waals surface area contributed by atoms with Gasteiger partial charge in [0.15, 0.2) is 0 Å². The molecule has 3 saturated carbocycles. The van der Waals surface area contributed by atoms with Crippen molar-refractivity contribution in [3.63, 3.8) is 0 Å². The molecule has 146 valence electrons. The molecule has 0 saturated heterocycles. The Bertz CT molecular complexity index is 546. The van der Waals surface area contributed by atoms with Crippen LogP contribution in [0.5, 0.6) is 0 Å². The minimum Gasteiger partial charge on any atom is -0.481 e. The van der Waals surface area contributed by atoms with Crippen molar-refractivity contribution in [1.82, 2.24) is 0 Å². The summed E-state index contributed by atoms with van der Waals surface area (Å²) in [7, 11) is 0. The molecule has 3 aliphatic rings. The van der Waals surface area contributed by atoms with E-state index in [2.05, 4.69) is 19.1 Å². The molecule has 0 unspecified atom stereocenters. The number of aliphatic carboxylic acids is 1. The highest BCUT2D eigenvalue weighted by atomic mass is 16.4. The molecule has 5 atom stereocenters. The van der Waals surface area contributed by atoms with Gasteiger partial charge in [-0.05, 0) is 68.6 Å². The van der Waals surface area contributed by atoms with Crippen molar-refractivity contribution in [2.45, 2.75) is 76.9 Å². The van der Waals surface area contributed by atoms with Crippen LogP contribution in [0, 0.1) is 29.6 Å². The van der Waals surface area contributed by atoms with Gasteiger partial charge in [-0.1, -0.05) is 37.1 Å². The van der Waals surface area contributed by atoms with Crippen molar-refractivity contribution in [2.24, 2.45) is 29.6 Å². The maximum Gasteiger partial charge on any atom is 0.303 e. The number of carboxylic acids is 1. The molecule has 0 bridgehead atoms. The second-order valence-corrected chi connectivity index (χ2v) is 8.74. The summed E-state index contributed by atoms with van der Waals surface area (Å²) in [5, 5.41) is 29.5. The van der Waals surface area contributed by atoms with E-state index in [1.165, 1.54) is 12.0 Å². The fourth-order valence-corrected chi connectivity index (χ4v) is 5.30. The number of carboxylic acid groups (broad SMARTS) is 1. The Morgan fingerprint density at radius 2 is 2.04 bits per heavy atom. The van der Waals surface area contributed by atoms with Gasteiger partial charge in [0.2, 0.25) is 0 Å². The summed E-state index contributed by atoms with van der Waals surface area (Å²) in [6, 6.07) is 0. The molecule has 3 fully saturated rings. The molecular weight excluding hydrogens is 328 g/mol. The molecular formula is C22H34O4. The first-order chi connectivity index (χ1) is 12.5. The minimum absolute atomic E-state index is 0.154. The highest BCUT2D eigenvalue weighted by Crippen LogP contribution is 2.50. The average Bonchev–Trinajstić information content (AvgIpc) is 3.05. The van der Waals surface area contributed by atoms with Gasteiger partial charge in [0, 0.05) is 12.3 Å². The Kier molecular flexibility index (Phi) is 6.57. The van der Waals surface area contributed by atoms with Crippen molar-refractivity contribution in [1.29, 1.82) is 0 Å². The number of hydrogen-bond acceptors (Lipinski definition) is 3. The highest BCUT2D eigenvalue weighted by Gasteiger charge is 2.45. The van der Waals surface area contributed by atoms with E-state index in [1.807, 2.05) is 6.08 Å². The van der Waals surface area contributed by atoms with Crippen molar-refractivity contribution >= 4 is 5.97 Å². The van der Waals surface area contributed by atoms with Gasteiger partial charge in [0.1, 0.15) is 0 Å². The Balaban J connectivity index is 1.50. The van der Waals surface area contributed by atoms with E-state index in [-0.39, 0.29) is 24.5 Å². The Morgan fingerprint density at radius 1 is 1.27 bits per heavy atom. The predicted octanol–water partition coefficient (Wildman–Crippen LogP) is 3.93. The van der Waals surface area contributed by atoms with Crippen LogP contribution in [0.1, 0.15) is 64.7 Å². The molecule has 0 aromatic rings. The first kappa shape index (κ1) is 19.6. The van der Waals surface area contributed by atoms with Crippen molar-refractivity contribution in [3.05, 3.63) is 23.8 Å². The summed E-state index contributed by atoms with van der Waals surface area (Å²) in [4.78, 5) is 10.6. The molecule has 26 heavy (non-hydrogen) atoms. The SMILES string of the molecule is CCC1CC([C@@H](O)C=C[C@@H]2[C@H]3CC(=CCCCC(=O)O)C[C@@H]3C[C@H]2O)C1. The lowest BCUT2D eigenvalue weighted by molar-refractivity contribution is -0.137. The first-order valence-electron chi connectivity index (χ1n) is 10.4. The number of unbranched alkanes of at least 4 members (excludes halogenated alkanes) is 1. The van der Waals surface area contributed by atoms with E-state index in [1.54, 1.807) is 0 Å². The van der Waals surface area contributed by atoms with Gasteiger partial charge in [-0.3, -0.25) is 4.79 Å². The van der Waals surface area contributed by atoms with Crippen LogP contribution in [-0.4, -0.2) is 33.5 Å². The molecule has 4 heteroatoms. The minimum atomic E-state index is -0.727. The number of allylic oxidation sites excluding steroid dienone is 2. The van der Waals surface area contributed by atoms with Crippen LogP contribution < -0.4 is 0 Å². The molecule has 0 aliphatic heterocycles.